The average molecular weight is 156 g/mol. The van der Waals surface area contributed by atoms with Gasteiger partial charge in [-0.2, -0.15) is 0 Å². The zero-order chi connectivity index (χ0) is 8.27. The first-order valence-corrected chi connectivity index (χ1v) is 4.85. The lowest BCUT2D eigenvalue weighted by Gasteiger charge is -2.32. The summed E-state index contributed by atoms with van der Waals surface area (Å²) in [5.74, 6) is 1.66. The highest BCUT2D eigenvalue weighted by Crippen LogP contribution is 2.30. The van der Waals surface area contributed by atoms with Crippen LogP contribution < -0.4 is 0 Å². The van der Waals surface area contributed by atoms with E-state index in [2.05, 4.69) is 20.8 Å². The van der Waals surface area contributed by atoms with Gasteiger partial charge in [-0.25, -0.2) is 0 Å². The Morgan fingerprint density at radius 3 is 2.64 bits per heavy atom. The molecule has 0 saturated heterocycles. The maximum absolute atomic E-state index is 5.67. The third-order valence-corrected chi connectivity index (χ3v) is 2.76. The average Bonchev–Trinajstić information content (AvgIpc) is 1.98. The summed E-state index contributed by atoms with van der Waals surface area (Å²) in [5.41, 5.74) is 0. The molecular formula is C10H20O. The second-order valence-corrected chi connectivity index (χ2v) is 3.89. The number of ether oxygens (including phenoxy) is 1. The van der Waals surface area contributed by atoms with E-state index in [0.717, 1.165) is 18.4 Å². The number of hydrogen-bond donors (Lipinski definition) is 0. The maximum atomic E-state index is 5.67. The van der Waals surface area contributed by atoms with E-state index >= 15 is 0 Å². The van der Waals surface area contributed by atoms with Crippen LogP contribution in [0.2, 0.25) is 0 Å². The quantitative estimate of drug-likeness (QED) is 0.597. The van der Waals surface area contributed by atoms with E-state index in [-0.39, 0.29) is 0 Å². The molecule has 0 heterocycles. The van der Waals surface area contributed by atoms with Crippen molar-refractivity contribution in [2.45, 2.75) is 46.1 Å². The van der Waals surface area contributed by atoms with Crippen LogP contribution in [0.15, 0.2) is 0 Å². The maximum Gasteiger partial charge on any atom is 0.0603 e. The van der Waals surface area contributed by atoms with E-state index in [0.29, 0.717) is 6.10 Å². The fourth-order valence-electron chi connectivity index (χ4n) is 1.93. The Bertz CT molecular complexity index is 111. The van der Waals surface area contributed by atoms with Crippen molar-refractivity contribution in [2.24, 2.45) is 11.8 Å². The van der Waals surface area contributed by atoms with Crippen molar-refractivity contribution < 1.29 is 4.74 Å². The van der Waals surface area contributed by atoms with Crippen molar-refractivity contribution in [1.29, 1.82) is 0 Å². The predicted molar refractivity (Wildman–Crippen MR) is 47.6 cm³/mol. The van der Waals surface area contributed by atoms with Gasteiger partial charge in [-0.1, -0.05) is 20.3 Å². The molecule has 1 aliphatic rings. The van der Waals surface area contributed by atoms with Gasteiger partial charge in [0.2, 0.25) is 0 Å². The summed E-state index contributed by atoms with van der Waals surface area (Å²) in [7, 11) is 0. The molecule has 1 heteroatoms. The van der Waals surface area contributed by atoms with Gasteiger partial charge in [0, 0.05) is 6.61 Å². The van der Waals surface area contributed by atoms with Crippen molar-refractivity contribution >= 4 is 0 Å². The van der Waals surface area contributed by atoms with Gasteiger partial charge < -0.3 is 4.74 Å². The third-order valence-electron chi connectivity index (χ3n) is 2.76. The molecule has 3 atom stereocenters. The van der Waals surface area contributed by atoms with E-state index in [9.17, 15) is 0 Å². The van der Waals surface area contributed by atoms with Crippen LogP contribution in [0.3, 0.4) is 0 Å². The first kappa shape index (κ1) is 9.05. The fraction of sp³-hybridized carbons (Fsp3) is 1.00. The van der Waals surface area contributed by atoms with Gasteiger partial charge in [-0.3, -0.25) is 0 Å². The predicted octanol–water partition coefficient (Wildman–Crippen LogP) is 2.85. The van der Waals surface area contributed by atoms with Crippen molar-refractivity contribution in [3.63, 3.8) is 0 Å². The van der Waals surface area contributed by atoms with Crippen molar-refractivity contribution in [3.8, 4) is 0 Å². The van der Waals surface area contributed by atoms with Crippen LogP contribution >= 0.6 is 0 Å². The van der Waals surface area contributed by atoms with Crippen LogP contribution in [0.4, 0.5) is 0 Å². The molecular weight excluding hydrogens is 136 g/mol. The van der Waals surface area contributed by atoms with Gasteiger partial charge in [-0.05, 0) is 31.6 Å². The highest BCUT2D eigenvalue weighted by atomic mass is 16.5. The highest BCUT2D eigenvalue weighted by Gasteiger charge is 2.25. The Balaban J connectivity index is 2.34. The van der Waals surface area contributed by atoms with Gasteiger partial charge in [0.05, 0.1) is 6.10 Å². The molecule has 66 valence electrons. The molecule has 1 fully saturated rings. The van der Waals surface area contributed by atoms with Crippen LogP contribution in [0, 0.1) is 11.8 Å². The summed E-state index contributed by atoms with van der Waals surface area (Å²) in [4.78, 5) is 0. The first-order valence-electron chi connectivity index (χ1n) is 4.85. The van der Waals surface area contributed by atoms with E-state index < -0.39 is 0 Å². The van der Waals surface area contributed by atoms with Crippen molar-refractivity contribution in [1.82, 2.24) is 0 Å². The second-order valence-electron chi connectivity index (χ2n) is 3.89. The molecule has 11 heavy (non-hydrogen) atoms. The molecule has 1 aliphatic carbocycles. The molecule has 0 aliphatic heterocycles. The van der Waals surface area contributed by atoms with Crippen LogP contribution in [-0.4, -0.2) is 12.7 Å². The Morgan fingerprint density at radius 2 is 2.00 bits per heavy atom. The standard InChI is InChI=1S/C10H20O/c1-4-11-10-7-8(2)5-6-9(10)3/h8-10H,4-7H2,1-3H3/t8?,9?,10-/m0/s1. The molecule has 0 aromatic rings. The summed E-state index contributed by atoms with van der Waals surface area (Å²) >= 11 is 0. The summed E-state index contributed by atoms with van der Waals surface area (Å²) in [6, 6.07) is 0. The molecule has 1 nitrogen and oxygen atoms in total. The Labute approximate surface area is 70.1 Å². The summed E-state index contributed by atoms with van der Waals surface area (Å²) in [6.07, 6.45) is 4.56. The van der Waals surface area contributed by atoms with Gasteiger partial charge in [0.25, 0.3) is 0 Å². The molecule has 0 aromatic carbocycles. The van der Waals surface area contributed by atoms with E-state index in [4.69, 9.17) is 4.74 Å². The highest BCUT2D eigenvalue weighted by molar-refractivity contribution is 4.76. The zero-order valence-electron chi connectivity index (χ0n) is 7.97. The van der Waals surface area contributed by atoms with Crippen LogP contribution in [0.25, 0.3) is 0 Å². The second kappa shape index (κ2) is 4.10. The zero-order valence-corrected chi connectivity index (χ0v) is 7.97. The van der Waals surface area contributed by atoms with Crippen LogP contribution in [0.1, 0.15) is 40.0 Å². The molecule has 0 amide bonds. The van der Waals surface area contributed by atoms with Gasteiger partial charge in [0.1, 0.15) is 0 Å². The minimum absolute atomic E-state index is 0.545. The fourth-order valence-corrected chi connectivity index (χ4v) is 1.93. The number of rotatable bonds is 2. The van der Waals surface area contributed by atoms with Crippen molar-refractivity contribution in [3.05, 3.63) is 0 Å². The molecule has 0 N–H and O–H groups in total. The van der Waals surface area contributed by atoms with E-state index in [1.165, 1.54) is 19.3 Å². The van der Waals surface area contributed by atoms with E-state index in [1.54, 1.807) is 0 Å². The molecule has 1 rings (SSSR count). The third kappa shape index (κ3) is 2.48. The van der Waals surface area contributed by atoms with Gasteiger partial charge >= 0.3 is 0 Å². The summed E-state index contributed by atoms with van der Waals surface area (Å²) in [5, 5.41) is 0. The van der Waals surface area contributed by atoms with Gasteiger partial charge in [-0.15, -0.1) is 0 Å². The molecule has 1 saturated carbocycles. The molecule has 0 spiro atoms. The lowest BCUT2D eigenvalue weighted by Crippen LogP contribution is -2.29. The number of hydrogen-bond acceptors (Lipinski definition) is 1. The Kier molecular flexibility index (Phi) is 3.38. The normalized spacial score (nSPS) is 39.0. The SMILES string of the molecule is CCO[C@H]1CC(C)CCC1C. The summed E-state index contributed by atoms with van der Waals surface area (Å²) in [6.45, 7) is 7.61. The van der Waals surface area contributed by atoms with Gasteiger partial charge in [0.15, 0.2) is 0 Å². The van der Waals surface area contributed by atoms with Crippen LogP contribution in [0.5, 0.6) is 0 Å². The molecule has 0 radical (unpaired) electrons. The van der Waals surface area contributed by atoms with Crippen molar-refractivity contribution in [2.75, 3.05) is 6.61 Å². The lowest BCUT2D eigenvalue weighted by molar-refractivity contribution is -0.0116. The molecule has 0 bridgehead atoms. The minimum Gasteiger partial charge on any atom is -0.378 e. The minimum atomic E-state index is 0.545. The molecule has 2 unspecified atom stereocenters. The Hall–Kier alpha value is -0.0400. The monoisotopic (exact) mass is 156 g/mol. The van der Waals surface area contributed by atoms with E-state index in [1.807, 2.05) is 0 Å². The smallest absolute Gasteiger partial charge is 0.0603 e. The topological polar surface area (TPSA) is 9.23 Å². The van der Waals surface area contributed by atoms with Crippen LogP contribution in [-0.2, 0) is 4.74 Å². The largest absolute Gasteiger partial charge is 0.378 e. The lowest BCUT2D eigenvalue weighted by atomic mass is 9.82. The summed E-state index contributed by atoms with van der Waals surface area (Å²) < 4.78 is 5.67. The first-order chi connectivity index (χ1) is 5.24. The molecule has 0 aromatic heterocycles. The Morgan fingerprint density at radius 1 is 1.27 bits per heavy atom.